The predicted octanol–water partition coefficient (Wildman–Crippen LogP) is 7.26. The van der Waals surface area contributed by atoms with Crippen LogP contribution in [0.2, 0.25) is 23.3 Å². The number of ether oxygens (including phenoxy) is 1. The van der Waals surface area contributed by atoms with Gasteiger partial charge in [0, 0.05) is 19.6 Å². The van der Waals surface area contributed by atoms with Crippen LogP contribution in [0.3, 0.4) is 0 Å². The highest BCUT2D eigenvalue weighted by Crippen LogP contribution is 2.38. The molecule has 2 heterocycles. The molecule has 0 saturated carbocycles. The quantitative estimate of drug-likeness (QED) is 0.148. The number of aromatic nitrogens is 3. The van der Waals surface area contributed by atoms with E-state index >= 15 is 0 Å². The molecule has 0 aliphatic rings. The number of halogens is 1. The Labute approximate surface area is 243 Å². The van der Waals surface area contributed by atoms with E-state index in [0.717, 1.165) is 33.6 Å². The van der Waals surface area contributed by atoms with Crippen LogP contribution < -0.4 is 14.8 Å². The minimum absolute atomic E-state index is 0.0515. The number of rotatable bonds is 10. The lowest BCUT2D eigenvalue weighted by molar-refractivity contribution is 0.414. The molecule has 0 aliphatic carbocycles. The number of benzene rings is 2. The fraction of sp³-hybridized carbons (Fsp3) is 0.379. The molecule has 0 fully saturated rings. The zero-order valence-corrected chi connectivity index (χ0v) is 26.9. The number of hydrogen-bond acceptors (Lipinski definition) is 6. The number of aryl methyl sites for hydroxylation is 1. The molecule has 0 radical (unpaired) electrons. The van der Waals surface area contributed by atoms with Crippen LogP contribution in [0.1, 0.15) is 38.8 Å². The highest BCUT2D eigenvalue weighted by Gasteiger charge is 2.38. The van der Waals surface area contributed by atoms with Gasteiger partial charge in [0.05, 0.1) is 29.3 Å². The van der Waals surface area contributed by atoms with Gasteiger partial charge in [0.1, 0.15) is 20.8 Å². The van der Waals surface area contributed by atoms with Gasteiger partial charge in [-0.25, -0.2) is 18.6 Å². The fourth-order valence-corrected chi connectivity index (χ4v) is 9.50. The molecule has 2 aromatic carbocycles. The molecule has 0 bridgehead atoms. The molecule has 4 aromatic rings. The summed E-state index contributed by atoms with van der Waals surface area (Å²) in [6.07, 6.45) is 1.81. The van der Waals surface area contributed by atoms with Gasteiger partial charge in [-0.1, -0.05) is 56.6 Å². The normalized spacial score (nSPS) is 13.7. The highest BCUT2D eigenvalue weighted by atomic mass is 35.5. The van der Waals surface area contributed by atoms with Crippen LogP contribution in [0.5, 0.6) is 5.75 Å². The van der Waals surface area contributed by atoms with E-state index in [1.165, 1.54) is 0 Å². The van der Waals surface area contributed by atoms with Crippen molar-refractivity contribution in [2.45, 2.75) is 70.4 Å². The van der Waals surface area contributed by atoms with E-state index in [2.05, 4.69) is 54.0 Å². The van der Waals surface area contributed by atoms with Gasteiger partial charge in [0.15, 0.2) is 13.9 Å². The summed E-state index contributed by atoms with van der Waals surface area (Å²) in [4.78, 5) is 5.10. The van der Waals surface area contributed by atoms with Gasteiger partial charge in [0.25, 0.3) is 0 Å². The Kier molecular flexibility index (Phi) is 8.94. The first kappa shape index (κ1) is 30.0. The first-order chi connectivity index (χ1) is 18.8. The molecule has 11 heteroatoms. The molecule has 0 saturated heterocycles. The standard InChI is InChI=1S/C29H39ClN6O2SSi/c1-8-36-28-25(20-32-36)26(17-27(30)34-28)31-18-21-11-15-24(16-12-21)39(37,35-40(6,7)29(2,3)4)33-19-22-9-13-23(38-5)14-10-22/h9-17,20H,8,18-19H2,1-7H3,(H,31,34)(H,33,35,37). The van der Waals surface area contributed by atoms with E-state index in [0.29, 0.717) is 29.7 Å². The monoisotopic (exact) mass is 598 g/mol. The van der Waals surface area contributed by atoms with E-state index in [-0.39, 0.29) is 5.04 Å². The van der Waals surface area contributed by atoms with Crippen molar-refractivity contribution >= 4 is 46.5 Å². The summed E-state index contributed by atoms with van der Waals surface area (Å²) in [5.41, 5.74) is 3.67. The van der Waals surface area contributed by atoms with Crippen LogP contribution in [0.25, 0.3) is 11.0 Å². The summed E-state index contributed by atoms with van der Waals surface area (Å²) >= 11 is 6.29. The van der Waals surface area contributed by atoms with Gasteiger partial charge in [-0.15, -0.1) is 0 Å². The minimum atomic E-state index is -2.89. The minimum Gasteiger partial charge on any atom is -0.497 e. The molecular formula is C29H39ClN6O2SSi. The third-order valence-corrected chi connectivity index (χ3v) is 15.6. The van der Waals surface area contributed by atoms with Crippen molar-refractivity contribution in [1.82, 2.24) is 19.5 Å². The third kappa shape index (κ3) is 6.68. The lowest BCUT2D eigenvalue weighted by atomic mass is 10.2. The third-order valence-electron chi connectivity index (χ3n) is 7.43. The molecule has 2 aromatic heterocycles. The number of hydrogen-bond donors (Lipinski definition) is 2. The SMILES string of the molecule is CCn1ncc2c(NCc3ccc(S(=O)(=N[Si](C)(C)C(C)(C)C)NCc4ccc(OC)cc4)cc3)cc(Cl)nc21. The summed E-state index contributed by atoms with van der Waals surface area (Å²) in [7, 11) is -3.50. The van der Waals surface area contributed by atoms with Crippen molar-refractivity contribution in [2.75, 3.05) is 12.4 Å². The fourth-order valence-electron chi connectivity index (χ4n) is 3.94. The maximum absolute atomic E-state index is 14.5. The summed E-state index contributed by atoms with van der Waals surface area (Å²) in [5, 5.41) is 9.15. The molecule has 40 heavy (non-hydrogen) atoms. The van der Waals surface area contributed by atoms with Gasteiger partial charge < -0.3 is 10.1 Å². The maximum Gasteiger partial charge on any atom is 0.195 e. The van der Waals surface area contributed by atoms with Crippen molar-refractivity contribution < 1.29 is 8.95 Å². The molecule has 4 rings (SSSR count). The topological polar surface area (TPSA) is 93.4 Å². The molecule has 0 aliphatic heterocycles. The second-order valence-electron chi connectivity index (χ2n) is 11.3. The van der Waals surface area contributed by atoms with E-state index < -0.39 is 18.2 Å². The average Bonchev–Trinajstić information content (AvgIpc) is 3.33. The van der Waals surface area contributed by atoms with Crippen LogP contribution >= 0.6 is 11.6 Å². The first-order valence-corrected chi connectivity index (χ1v) is 18.2. The van der Waals surface area contributed by atoms with Crippen molar-refractivity contribution in [2.24, 2.45) is 4.03 Å². The molecule has 1 unspecified atom stereocenters. The van der Waals surface area contributed by atoms with E-state index in [1.807, 2.05) is 66.2 Å². The number of nitrogens with zero attached hydrogens (tertiary/aromatic N) is 4. The number of nitrogens with one attached hydrogen (secondary N) is 2. The van der Waals surface area contributed by atoms with Crippen LogP contribution in [0.15, 0.2) is 69.7 Å². The van der Waals surface area contributed by atoms with Crippen molar-refractivity contribution in [3.05, 3.63) is 77.1 Å². The number of fused-ring (bicyclic) bond motifs is 1. The number of pyridine rings is 1. The summed E-state index contributed by atoms with van der Waals surface area (Å²) < 4.78 is 30.0. The molecule has 0 amide bonds. The van der Waals surface area contributed by atoms with Crippen molar-refractivity contribution in [3.8, 4) is 5.75 Å². The Morgan fingerprint density at radius 3 is 2.27 bits per heavy atom. The summed E-state index contributed by atoms with van der Waals surface area (Å²) in [5.74, 6) is 0.786. The van der Waals surface area contributed by atoms with Gasteiger partial charge in [-0.3, -0.25) is 4.03 Å². The molecule has 1 atom stereocenters. The van der Waals surface area contributed by atoms with E-state index in [9.17, 15) is 4.21 Å². The Balaban J connectivity index is 1.59. The molecule has 2 N–H and O–H groups in total. The number of methoxy groups -OCH3 is 1. The van der Waals surface area contributed by atoms with E-state index in [1.54, 1.807) is 13.3 Å². The lowest BCUT2D eigenvalue weighted by Crippen LogP contribution is -2.38. The Bertz CT molecular complexity index is 1590. The zero-order chi connectivity index (χ0) is 29.1. The first-order valence-electron chi connectivity index (χ1n) is 13.4. The van der Waals surface area contributed by atoms with Crippen LogP contribution in [0, 0.1) is 0 Å². The summed E-state index contributed by atoms with van der Waals surface area (Å²) in [6.45, 7) is 14.6. The van der Waals surface area contributed by atoms with Gasteiger partial charge in [0.2, 0.25) is 0 Å². The van der Waals surface area contributed by atoms with Gasteiger partial charge >= 0.3 is 0 Å². The van der Waals surface area contributed by atoms with Crippen LogP contribution in [0.4, 0.5) is 5.69 Å². The molecule has 8 nitrogen and oxygen atoms in total. The Morgan fingerprint density at radius 2 is 1.68 bits per heavy atom. The second kappa shape index (κ2) is 11.9. The van der Waals surface area contributed by atoms with Gasteiger partial charge in [-0.2, -0.15) is 5.10 Å². The maximum atomic E-state index is 14.5. The Hall–Kier alpha value is -2.92. The van der Waals surface area contributed by atoms with Crippen LogP contribution in [-0.2, 0) is 29.5 Å². The predicted molar refractivity (Wildman–Crippen MR) is 168 cm³/mol. The molecule has 0 spiro atoms. The second-order valence-corrected chi connectivity index (χ2v) is 18.8. The van der Waals surface area contributed by atoms with E-state index in [4.69, 9.17) is 20.4 Å². The van der Waals surface area contributed by atoms with Crippen LogP contribution in [-0.4, -0.2) is 34.3 Å². The smallest absolute Gasteiger partial charge is 0.195 e. The lowest BCUT2D eigenvalue weighted by Gasteiger charge is -2.33. The zero-order valence-electron chi connectivity index (χ0n) is 24.3. The average molecular weight is 599 g/mol. The molecular weight excluding hydrogens is 560 g/mol. The highest BCUT2D eigenvalue weighted by molar-refractivity contribution is 7.92. The Morgan fingerprint density at radius 1 is 1.05 bits per heavy atom. The molecule has 214 valence electrons. The summed E-state index contributed by atoms with van der Waals surface area (Å²) in [6, 6.07) is 17.4. The van der Waals surface area contributed by atoms with Gasteiger partial charge in [-0.05, 0) is 66.5 Å². The number of anilines is 1. The van der Waals surface area contributed by atoms with Crippen molar-refractivity contribution in [1.29, 1.82) is 0 Å². The van der Waals surface area contributed by atoms with Crippen molar-refractivity contribution in [3.63, 3.8) is 0 Å². The largest absolute Gasteiger partial charge is 0.497 e.